The van der Waals surface area contributed by atoms with Crippen LogP contribution in [0.25, 0.3) is 5.57 Å². The van der Waals surface area contributed by atoms with Crippen molar-refractivity contribution in [3.05, 3.63) is 53.4 Å². The van der Waals surface area contributed by atoms with Crippen molar-refractivity contribution in [2.75, 3.05) is 0 Å². The Morgan fingerprint density at radius 3 is 2.24 bits per heavy atom. The zero-order valence-corrected chi connectivity index (χ0v) is 26.4. The Morgan fingerprint density at radius 1 is 0.905 bits per heavy atom. The number of aromatic carboxylic acids is 1. The van der Waals surface area contributed by atoms with E-state index >= 15 is 0 Å². The van der Waals surface area contributed by atoms with Gasteiger partial charge in [0.15, 0.2) is 0 Å². The highest BCUT2D eigenvalue weighted by Crippen LogP contribution is 2.77. The highest BCUT2D eigenvalue weighted by molar-refractivity contribution is 5.88. The average molecular weight is 577 g/mol. The largest absolute Gasteiger partial charge is 0.481 e. The number of benzene rings is 1. The normalized spacial score (nSPS) is 43.7. The van der Waals surface area contributed by atoms with Crippen LogP contribution < -0.4 is 0 Å². The van der Waals surface area contributed by atoms with Gasteiger partial charge in [0.25, 0.3) is 0 Å². The average Bonchev–Trinajstić information content (AvgIpc) is 3.30. The second kappa shape index (κ2) is 9.29. The number of allylic oxidation sites excluding steroid dienone is 3. The molecular formula is C37H49FO4. The molecule has 228 valence electrons. The Morgan fingerprint density at radius 2 is 1.62 bits per heavy atom. The molecule has 1 aromatic carbocycles. The number of carbonyl (C=O) groups is 2. The lowest BCUT2D eigenvalue weighted by Crippen LogP contribution is -2.65. The summed E-state index contributed by atoms with van der Waals surface area (Å²) in [5.41, 5.74) is 2.28. The molecule has 9 unspecified atom stereocenters. The van der Waals surface area contributed by atoms with Gasteiger partial charge in [0, 0.05) is 0 Å². The van der Waals surface area contributed by atoms with Crippen LogP contribution in [-0.4, -0.2) is 22.2 Å². The maximum Gasteiger partial charge on any atom is 0.338 e. The summed E-state index contributed by atoms with van der Waals surface area (Å²) in [5, 5.41) is 20.0. The summed E-state index contributed by atoms with van der Waals surface area (Å²) < 4.78 is 14.8. The first-order valence-electron chi connectivity index (χ1n) is 16.2. The van der Waals surface area contributed by atoms with Gasteiger partial charge in [-0.25, -0.2) is 9.18 Å². The Bertz CT molecular complexity index is 1390. The van der Waals surface area contributed by atoms with E-state index in [1.807, 2.05) is 0 Å². The molecule has 0 heterocycles. The first-order chi connectivity index (χ1) is 19.5. The van der Waals surface area contributed by atoms with Gasteiger partial charge >= 0.3 is 11.9 Å². The number of carboxylic acids is 2. The molecule has 0 spiro atoms. The Kier molecular flexibility index (Phi) is 6.55. The summed E-state index contributed by atoms with van der Waals surface area (Å²) in [4.78, 5) is 24.3. The molecule has 42 heavy (non-hydrogen) atoms. The second-order valence-corrected chi connectivity index (χ2v) is 16.2. The van der Waals surface area contributed by atoms with E-state index in [0.29, 0.717) is 23.7 Å². The predicted octanol–water partition coefficient (Wildman–Crippen LogP) is 9.26. The summed E-state index contributed by atoms with van der Waals surface area (Å²) in [6.07, 6.45) is 11.2. The number of aliphatic carboxylic acids is 1. The van der Waals surface area contributed by atoms with Crippen LogP contribution in [0.2, 0.25) is 0 Å². The van der Waals surface area contributed by atoms with E-state index in [9.17, 15) is 24.2 Å². The molecule has 0 aliphatic heterocycles. The molecule has 5 aliphatic carbocycles. The molecule has 0 radical (unpaired) electrons. The maximum absolute atomic E-state index is 14.8. The van der Waals surface area contributed by atoms with Gasteiger partial charge in [0.05, 0.1) is 11.0 Å². The van der Waals surface area contributed by atoms with Crippen molar-refractivity contribution in [2.45, 2.75) is 99.3 Å². The van der Waals surface area contributed by atoms with Crippen molar-refractivity contribution >= 4 is 17.5 Å². The van der Waals surface area contributed by atoms with Crippen LogP contribution in [0.5, 0.6) is 0 Å². The number of hydrogen-bond donors (Lipinski definition) is 2. The summed E-state index contributed by atoms with van der Waals surface area (Å²) >= 11 is 0. The van der Waals surface area contributed by atoms with Gasteiger partial charge < -0.3 is 10.2 Å². The Hall–Kier alpha value is -2.43. The van der Waals surface area contributed by atoms with Gasteiger partial charge in [-0.05, 0) is 139 Å². The molecule has 5 heteroatoms. The van der Waals surface area contributed by atoms with Crippen LogP contribution in [0.15, 0.2) is 36.4 Å². The van der Waals surface area contributed by atoms with Crippen LogP contribution in [0.1, 0.15) is 115 Å². The summed E-state index contributed by atoms with van der Waals surface area (Å²) in [6.45, 7) is 18.7. The molecule has 0 amide bonds. The topological polar surface area (TPSA) is 74.6 Å². The zero-order valence-electron chi connectivity index (χ0n) is 26.4. The third-order valence-corrected chi connectivity index (χ3v) is 14.6. The third kappa shape index (κ3) is 3.63. The Balaban J connectivity index is 1.38. The van der Waals surface area contributed by atoms with Gasteiger partial charge in [-0.15, -0.1) is 0 Å². The van der Waals surface area contributed by atoms with Crippen LogP contribution in [0, 0.1) is 62.5 Å². The number of fused-ring (bicyclic) bond motifs is 7. The van der Waals surface area contributed by atoms with Crippen molar-refractivity contribution < 1.29 is 24.2 Å². The van der Waals surface area contributed by atoms with E-state index in [0.717, 1.165) is 74.5 Å². The number of carboxylic acid groups (broad SMARTS) is 2. The lowest BCUT2D eigenvalue weighted by molar-refractivity contribution is -0.227. The van der Waals surface area contributed by atoms with Gasteiger partial charge in [0.2, 0.25) is 0 Å². The molecule has 4 fully saturated rings. The molecule has 0 saturated heterocycles. The minimum atomic E-state index is -1.24. The van der Waals surface area contributed by atoms with Gasteiger partial charge in [0.1, 0.15) is 5.82 Å². The monoisotopic (exact) mass is 576 g/mol. The van der Waals surface area contributed by atoms with E-state index in [4.69, 9.17) is 0 Å². The highest BCUT2D eigenvalue weighted by atomic mass is 19.1. The lowest BCUT2D eigenvalue weighted by Gasteiger charge is -2.72. The Labute approximate surface area is 250 Å². The van der Waals surface area contributed by atoms with E-state index in [1.54, 1.807) is 6.07 Å². The SMILES string of the molecule is C=C(C)C1CCC2(C(=O)O)CCC3(C)C(CCC4C5(C)CC=C(c6ccc(C(=O)O)c(F)c6)C(C)(C)C5CCC43C)C12. The van der Waals surface area contributed by atoms with Gasteiger partial charge in [-0.1, -0.05) is 58.9 Å². The quantitative estimate of drug-likeness (QED) is 0.350. The molecule has 4 nitrogen and oxygen atoms in total. The molecule has 0 bridgehead atoms. The first-order valence-corrected chi connectivity index (χ1v) is 16.2. The lowest BCUT2D eigenvalue weighted by atomic mass is 9.32. The molecule has 9 atom stereocenters. The second-order valence-electron chi connectivity index (χ2n) is 16.2. The zero-order chi connectivity index (χ0) is 30.6. The summed E-state index contributed by atoms with van der Waals surface area (Å²) in [6, 6.07) is 4.59. The van der Waals surface area contributed by atoms with Crippen molar-refractivity contribution in [2.24, 2.45) is 56.7 Å². The predicted molar refractivity (Wildman–Crippen MR) is 163 cm³/mol. The van der Waals surface area contributed by atoms with Crippen molar-refractivity contribution in [3.8, 4) is 0 Å². The molecule has 1 aromatic rings. The van der Waals surface area contributed by atoms with Crippen molar-refractivity contribution in [3.63, 3.8) is 0 Å². The van der Waals surface area contributed by atoms with E-state index < -0.39 is 23.2 Å². The number of halogens is 1. The fourth-order valence-corrected chi connectivity index (χ4v) is 12.5. The molecule has 4 saturated carbocycles. The van der Waals surface area contributed by atoms with E-state index in [-0.39, 0.29) is 33.1 Å². The van der Waals surface area contributed by atoms with Crippen LogP contribution in [0.4, 0.5) is 4.39 Å². The van der Waals surface area contributed by atoms with E-state index in [1.165, 1.54) is 12.1 Å². The van der Waals surface area contributed by atoms with Crippen molar-refractivity contribution in [1.82, 2.24) is 0 Å². The molecule has 0 aromatic heterocycles. The molecule has 6 rings (SSSR count). The summed E-state index contributed by atoms with van der Waals surface area (Å²) in [7, 11) is 0. The standard InChI is InChI=1S/C37H49FO4/c1-21(2)23-12-17-37(32(41)42)19-18-35(6)26(30(23)37)10-11-29-34(5)15-13-25(22-8-9-24(31(39)40)27(38)20-22)33(3,4)28(34)14-16-36(29,35)7/h8-9,13,20,23,26,28-30H,1,10-12,14-19H2,2-7H3,(H,39,40)(H,41,42). The minimum Gasteiger partial charge on any atom is -0.481 e. The fraction of sp³-hybridized carbons (Fsp3) is 0.676. The maximum atomic E-state index is 14.8. The molecule has 5 aliphatic rings. The van der Waals surface area contributed by atoms with Crippen LogP contribution in [-0.2, 0) is 4.79 Å². The van der Waals surface area contributed by atoms with Gasteiger partial charge in [-0.2, -0.15) is 0 Å². The van der Waals surface area contributed by atoms with Crippen molar-refractivity contribution in [1.29, 1.82) is 0 Å². The van der Waals surface area contributed by atoms with Crippen LogP contribution in [0.3, 0.4) is 0 Å². The smallest absolute Gasteiger partial charge is 0.338 e. The van der Waals surface area contributed by atoms with Gasteiger partial charge in [-0.3, -0.25) is 4.79 Å². The van der Waals surface area contributed by atoms with E-state index in [2.05, 4.69) is 54.2 Å². The molecule has 2 N–H and O–H groups in total. The highest BCUT2D eigenvalue weighted by Gasteiger charge is 2.71. The number of rotatable bonds is 4. The summed E-state index contributed by atoms with van der Waals surface area (Å²) in [5.74, 6) is -0.696. The fourth-order valence-electron chi connectivity index (χ4n) is 12.5. The first kappa shape index (κ1) is 29.6. The minimum absolute atomic E-state index is 0.0788. The van der Waals surface area contributed by atoms with Crippen LogP contribution >= 0.6 is 0 Å². The number of hydrogen-bond acceptors (Lipinski definition) is 2. The molecular weight excluding hydrogens is 527 g/mol. The third-order valence-electron chi connectivity index (χ3n) is 14.6.